The van der Waals surface area contributed by atoms with Crippen molar-refractivity contribution in [3.05, 3.63) is 28.9 Å². The van der Waals surface area contributed by atoms with Crippen LogP contribution in [0.5, 0.6) is 5.88 Å². The number of aryl methyl sites for hydroxylation is 1. The van der Waals surface area contributed by atoms with Crippen molar-refractivity contribution in [1.82, 2.24) is 9.88 Å². The largest absolute Gasteiger partial charge is 0.474 e. The van der Waals surface area contributed by atoms with Crippen LogP contribution < -0.4 is 4.74 Å². The zero-order valence-corrected chi connectivity index (χ0v) is 15.6. The summed E-state index contributed by atoms with van der Waals surface area (Å²) in [6.45, 7) is 10.8. The lowest BCUT2D eigenvalue weighted by Crippen LogP contribution is -2.16. The van der Waals surface area contributed by atoms with Gasteiger partial charge in [-0.05, 0) is 55.1 Å². The lowest BCUT2D eigenvalue weighted by atomic mass is 10.1. The molecule has 1 atom stereocenters. The Hall–Kier alpha value is -1.36. The van der Waals surface area contributed by atoms with Gasteiger partial charge < -0.3 is 9.64 Å². The summed E-state index contributed by atoms with van der Waals surface area (Å²) in [5, 5.41) is 0. The van der Waals surface area contributed by atoms with Crippen LogP contribution in [0.25, 0.3) is 0 Å². The van der Waals surface area contributed by atoms with Crippen molar-refractivity contribution >= 4 is 28.0 Å². The van der Waals surface area contributed by atoms with Gasteiger partial charge in [-0.2, -0.15) is 0 Å². The summed E-state index contributed by atoms with van der Waals surface area (Å²) in [6.07, 6.45) is 6.73. The molecule has 122 valence electrons. The highest BCUT2D eigenvalue weighted by Crippen LogP contribution is 2.31. The molecule has 0 fully saturated rings. The van der Waals surface area contributed by atoms with E-state index in [1.54, 1.807) is 0 Å². The quantitative estimate of drug-likeness (QED) is 0.354. The summed E-state index contributed by atoms with van der Waals surface area (Å²) < 4.78 is 6.85. The fraction of sp³-hybridized carbons (Fsp3) is 0.529. The van der Waals surface area contributed by atoms with Gasteiger partial charge in [0.1, 0.15) is 6.10 Å². The molecule has 1 aromatic rings. The number of nitrogens with zero attached hydrogens (tertiary/aromatic N) is 3. The van der Waals surface area contributed by atoms with Gasteiger partial charge >= 0.3 is 0 Å². The van der Waals surface area contributed by atoms with Crippen LogP contribution >= 0.6 is 15.9 Å². The van der Waals surface area contributed by atoms with Crippen LogP contribution in [0.4, 0.5) is 5.69 Å². The smallest absolute Gasteiger partial charge is 0.228 e. The molecule has 0 aliphatic rings. The van der Waals surface area contributed by atoms with Crippen molar-refractivity contribution in [3.63, 3.8) is 0 Å². The van der Waals surface area contributed by atoms with E-state index in [1.165, 1.54) is 0 Å². The second-order valence-corrected chi connectivity index (χ2v) is 6.07. The summed E-state index contributed by atoms with van der Waals surface area (Å²) in [5.41, 5.74) is 1.70. The highest BCUT2D eigenvalue weighted by atomic mass is 79.9. The van der Waals surface area contributed by atoms with Gasteiger partial charge in [-0.1, -0.05) is 13.0 Å². The molecule has 0 N–H and O–H groups in total. The summed E-state index contributed by atoms with van der Waals surface area (Å²) in [6, 6.07) is 1.96. The van der Waals surface area contributed by atoms with Crippen molar-refractivity contribution in [2.24, 2.45) is 4.99 Å². The Bertz CT molecular complexity index is 517. The molecule has 5 heteroatoms. The summed E-state index contributed by atoms with van der Waals surface area (Å²) in [5.74, 6) is 0.635. The van der Waals surface area contributed by atoms with E-state index in [1.807, 2.05) is 37.4 Å². The lowest BCUT2D eigenvalue weighted by molar-refractivity contribution is 0.178. The molecule has 22 heavy (non-hydrogen) atoms. The maximum Gasteiger partial charge on any atom is 0.228 e. The first-order chi connectivity index (χ1) is 10.5. The van der Waals surface area contributed by atoms with E-state index in [4.69, 9.17) is 4.74 Å². The van der Waals surface area contributed by atoms with Crippen LogP contribution in [-0.2, 0) is 0 Å². The van der Waals surface area contributed by atoms with Gasteiger partial charge in [-0.25, -0.2) is 9.98 Å². The molecule has 0 aromatic carbocycles. The molecule has 1 rings (SSSR count). The van der Waals surface area contributed by atoms with Gasteiger partial charge in [0.15, 0.2) is 0 Å². The highest BCUT2D eigenvalue weighted by molar-refractivity contribution is 9.10. The fourth-order valence-corrected chi connectivity index (χ4v) is 2.21. The van der Waals surface area contributed by atoms with Crippen molar-refractivity contribution in [2.75, 3.05) is 13.6 Å². The van der Waals surface area contributed by atoms with E-state index in [0.717, 1.165) is 41.7 Å². The van der Waals surface area contributed by atoms with Crippen LogP contribution in [0, 0.1) is 6.92 Å². The van der Waals surface area contributed by atoms with Crippen molar-refractivity contribution in [2.45, 2.75) is 46.1 Å². The Labute approximate surface area is 142 Å². The van der Waals surface area contributed by atoms with Crippen molar-refractivity contribution in [3.8, 4) is 5.88 Å². The van der Waals surface area contributed by atoms with Gasteiger partial charge in [-0.15, -0.1) is 6.58 Å². The van der Waals surface area contributed by atoms with Crippen LogP contribution in [-0.4, -0.2) is 35.9 Å². The number of aliphatic imine (C=N–C) groups is 1. The molecule has 1 heterocycles. The van der Waals surface area contributed by atoms with Crippen LogP contribution in [0.2, 0.25) is 0 Å². The number of hydrogen-bond donors (Lipinski definition) is 0. The molecular weight excluding hydrogens is 342 g/mol. The van der Waals surface area contributed by atoms with Crippen molar-refractivity contribution < 1.29 is 4.74 Å². The molecule has 0 spiro atoms. The third-order valence-electron chi connectivity index (χ3n) is 3.43. The SMILES string of the molecule is C=CCCC(CC)Oc1nc(C)c(N=CN(C)CC)cc1Br. The first-order valence-electron chi connectivity index (χ1n) is 7.70. The number of allylic oxidation sites excluding steroid dienone is 1. The van der Waals surface area contributed by atoms with Gasteiger partial charge in [0.25, 0.3) is 0 Å². The Kier molecular flexibility index (Phi) is 8.17. The average molecular weight is 368 g/mol. The predicted octanol–water partition coefficient (Wildman–Crippen LogP) is 4.89. The zero-order chi connectivity index (χ0) is 16.5. The zero-order valence-electron chi connectivity index (χ0n) is 14.0. The number of rotatable bonds is 9. The summed E-state index contributed by atoms with van der Waals surface area (Å²) >= 11 is 3.54. The predicted molar refractivity (Wildman–Crippen MR) is 97.3 cm³/mol. The Morgan fingerprint density at radius 2 is 2.23 bits per heavy atom. The van der Waals surface area contributed by atoms with E-state index in [9.17, 15) is 0 Å². The van der Waals surface area contributed by atoms with Crippen LogP contribution in [0.15, 0.2) is 28.2 Å². The Balaban J connectivity index is 2.88. The minimum Gasteiger partial charge on any atom is -0.474 e. The Morgan fingerprint density at radius 1 is 1.50 bits per heavy atom. The van der Waals surface area contributed by atoms with Crippen LogP contribution in [0.1, 0.15) is 38.8 Å². The molecule has 0 radical (unpaired) electrons. The van der Waals surface area contributed by atoms with E-state index in [2.05, 4.69) is 46.3 Å². The molecule has 0 amide bonds. The lowest BCUT2D eigenvalue weighted by Gasteiger charge is -2.18. The number of aromatic nitrogens is 1. The number of hydrogen-bond acceptors (Lipinski definition) is 3. The first-order valence-corrected chi connectivity index (χ1v) is 8.50. The molecule has 1 unspecified atom stereocenters. The number of pyridine rings is 1. The maximum absolute atomic E-state index is 6.01. The highest BCUT2D eigenvalue weighted by Gasteiger charge is 2.13. The van der Waals surface area contributed by atoms with Gasteiger partial charge in [-0.3, -0.25) is 0 Å². The Morgan fingerprint density at radius 3 is 2.82 bits per heavy atom. The molecular formula is C17H26BrN3O. The van der Waals surface area contributed by atoms with E-state index in [0.29, 0.717) is 5.88 Å². The maximum atomic E-state index is 6.01. The van der Waals surface area contributed by atoms with E-state index >= 15 is 0 Å². The second kappa shape index (κ2) is 9.62. The average Bonchev–Trinajstić information content (AvgIpc) is 2.52. The monoisotopic (exact) mass is 367 g/mol. The second-order valence-electron chi connectivity index (χ2n) is 5.21. The standard InChI is InChI=1S/C17H26BrN3O/c1-6-9-10-14(7-2)22-17-15(18)11-16(13(4)20-17)19-12-21(5)8-3/h6,11-12,14H,1,7-10H2,2-5H3. The van der Waals surface area contributed by atoms with Gasteiger partial charge in [0.2, 0.25) is 5.88 Å². The third-order valence-corrected chi connectivity index (χ3v) is 3.99. The topological polar surface area (TPSA) is 37.7 Å². The molecule has 0 saturated carbocycles. The van der Waals surface area contributed by atoms with Crippen molar-refractivity contribution in [1.29, 1.82) is 0 Å². The molecule has 4 nitrogen and oxygen atoms in total. The number of ether oxygens (including phenoxy) is 1. The minimum atomic E-state index is 0.154. The van der Waals surface area contributed by atoms with Crippen LogP contribution in [0.3, 0.4) is 0 Å². The molecule has 0 saturated heterocycles. The summed E-state index contributed by atoms with van der Waals surface area (Å²) in [7, 11) is 1.99. The molecule has 1 aromatic heterocycles. The number of halogens is 1. The molecule has 0 aliphatic heterocycles. The third kappa shape index (κ3) is 5.79. The molecule has 0 bridgehead atoms. The summed E-state index contributed by atoms with van der Waals surface area (Å²) in [4.78, 5) is 11.0. The van der Waals surface area contributed by atoms with Gasteiger partial charge in [0.05, 0.1) is 22.2 Å². The van der Waals surface area contributed by atoms with Gasteiger partial charge in [0, 0.05) is 13.6 Å². The normalized spacial score (nSPS) is 12.4. The minimum absolute atomic E-state index is 0.154. The van der Waals surface area contributed by atoms with E-state index < -0.39 is 0 Å². The first kappa shape index (κ1) is 18.7. The van der Waals surface area contributed by atoms with E-state index in [-0.39, 0.29) is 6.10 Å². The fourth-order valence-electron chi connectivity index (χ4n) is 1.81. The molecule has 0 aliphatic carbocycles.